The van der Waals surface area contributed by atoms with Gasteiger partial charge in [0.15, 0.2) is 12.2 Å². The quantitative estimate of drug-likeness (QED) is 0.136. The summed E-state index contributed by atoms with van der Waals surface area (Å²) in [5, 5.41) is 15.5. The van der Waals surface area contributed by atoms with Crippen molar-refractivity contribution in [1.29, 1.82) is 5.41 Å². The molecule has 0 aromatic carbocycles. The van der Waals surface area contributed by atoms with Crippen molar-refractivity contribution in [2.24, 2.45) is 11.7 Å². The molecule has 1 fully saturated rings. The summed E-state index contributed by atoms with van der Waals surface area (Å²) in [5.41, 5.74) is 5.66. The van der Waals surface area contributed by atoms with Crippen LogP contribution >= 0.6 is 0 Å². The van der Waals surface area contributed by atoms with E-state index in [1.54, 1.807) is 25.7 Å². The molecule has 0 radical (unpaired) electrons. The maximum absolute atomic E-state index is 12.9. The van der Waals surface area contributed by atoms with Crippen LogP contribution in [-0.4, -0.2) is 91.7 Å². The van der Waals surface area contributed by atoms with Crippen molar-refractivity contribution >= 4 is 30.0 Å². The van der Waals surface area contributed by atoms with E-state index in [-0.39, 0.29) is 18.5 Å². The number of nitrogens with zero attached hydrogens (tertiary/aromatic N) is 1. The minimum absolute atomic E-state index is 0.0678. The predicted octanol–water partition coefficient (Wildman–Crippen LogP) is 0.640. The number of likely N-dealkylation sites (tertiary alicyclic amines) is 1. The Balaban J connectivity index is 2.83. The van der Waals surface area contributed by atoms with Crippen LogP contribution in [0.1, 0.15) is 54.4 Å². The molecule has 1 rings (SSSR count). The van der Waals surface area contributed by atoms with Gasteiger partial charge in [-0.25, -0.2) is 9.59 Å². The van der Waals surface area contributed by atoms with Gasteiger partial charge in [-0.05, 0) is 46.5 Å². The van der Waals surface area contributed by atoms with Crippen molar-refractivity contribution in [3.63, 3.8) is 0 Å². The Bertz CT molecular complexity index is 793. The van der Waals surface area contributed by atoms with Crippen LogP contribution in [0.15, 0.2) is 0 Å². The Morgan fingerprint density at radius 2 is 1.70 bits per heavy atom. The lowest BCUT2D eigenvalue weighted by molar-refractivity contribution is -0.132. The number of piperidine rings is 1. The normalized spacial score (nSPS) is 19.0. The van der Waals surface area contributed by atoms with E-state index in [4.69, 9.17) is 30.1 Å². The maximum Gasteiger partial charge on any atom is 0.508 e. The van der Waals surface area contributed by atoms with E-state index >= 15 is 0 Å². The molecule has 1 saturated heterocycles. The number of hydrogen-bond acceptors (Lipinski definition) is 9. The molecule has 3 amide bonds. The molecular formula is C23H42N6O8. The Morgan fingerprint density at radius 3 is 2.27 bits per heavy atom. The summed E-state index contributed by atoms with van der Waals surface area (Å²) in [7, 11) is 0. The molecule has 0 spiro atoms. The molecule has 0 aliphatic carbocycles. The van der Waals surface area contributed by atoms with Crippen LogP contribution in [0, 0.1) is 11.3 Å². The van der Waals surface area contributed by atoms with E-state index in [1.165, 1.54) is 6.92 Å². The molecule has 1 heterocycles. The van der Waals surface area contributed by atoms with Gasteiger partial charge in [-0.15, -0.1) is 0 Å². The van der Waals surface area contributed by atoms with Crippen molar-refractivity contribution in [1.82, 2.24) is 20.9 Å². The second-order valence-electron chi connectivity index (χ2n) is 9.33. The van der Waals surface area contributed by atoms with E-state index in [0.717, 1.165) is 0 Å². The zero-order valence-corrected chi connectivity index (χ0v) is 22.5. The Kier molecular flexibility index (Phi) is 13.5. The first-order valence-electron chi connectivity index (χ1n) is 12.4. The summed E-state index contributed by atoms with van der Waals surface area (Å²) in [5.74, 6) is -1.36. The van der Waals surface area contributed by atoms with Crippen molar-refractivity contribution in [2.75, 3.05) is 26.4 Å². The summed E-state index contributed by atoms with van der Waals surface area (Å²) >= 11 is 0. The van der Waals surface area contributed by atoms with E-state index in [1.807, 2.05) is 13.8 Å². The first-order chi connectivity index (χ1) is 17.3. The van der Waals surface area contributed by atoms with Crippen LogP contribution < -0.4 is 21.7 Å². The fourth-order valence-electron chi connectivity index (χ4n) is 3.42. The number of carbonyl (C=O) groups excluding carboxylic acids is 4. The van der Waals surface area contributed by atoms with Crippen LogP contribution in [0.3, 0.4) is 0 Å². The van der Waals surface area contributed by atoms with Crippen LogP contribution in [0.2, 0.25) is 0 Å². The predicted molar refractivity (Wildman–Crippen MR) is 133 cm³/mol. The number of amides is 3. The summed E-state index contributed by atoms with van der Waals surface area (Å²) in [4.78, 5) is 51.3. The van der Waals surface area contributed by atoms with Crippen molar-refractivity contribution in [3.8, 4) is 0 Å². The lowest BCUT2D eigenvalue weighted by Gasteiger charge is -2.41. The second kappa shape index (κ2) is 15.7. The number of guanidine groups is 1. The lowest BCUT2D eigenvalue weighted by atomic mass is 10.0. The van der Waals surface area contributed by atoms with E-state index < -0.39 is 61.1 Å². The lowest BCUT2D eigenvalue weighted by Crippen LogP contribution is -2.62. The summed E-state index contributed by atoms with van der Waals surface area (Å²) in [6, 6.07) is -2.81. The van der Waals surface area contributed by atoms with Gasteiger partial charge in [-0.2, -0.15) is 0 Å². The van der Waals surface area contributed by atoms with E-state index in [9.17, 15) is 19.2 Å². The minimum atomic E-state index is -1.34. The Morgan fingerprint density at radius 1 is 1.03 bits per heavy atom. The van der Waals surface area contributed by atoms with Crippen molar-refractivity contribution in [2.45, 2.75) is 84.8 Å². The highest BCUT2D eigenvalue weighted by atomic mass is 16.7. The molecule has 0 saturated carbocycles. The van der Waals surface area contributed by atoms with Crippen molar-refractivity contribution in [3.05, 3.63) is 0 Å². The topological polar surface area (TPSA) is 194 Å². The maximum atomic E-state index is 12.9. The number of hydrogen-bond donors (Lipinski definition) is 5. The summed E-state index contributed by atoms with van der Waals surface area (Å²) < 4.78 is 20.6. The molecule has 212 valence electrons. The summed E-state index contributed by atoms with van der Waals surface area (Å²) in [6.45, 7) is 10.7. The van der Waals surface area contributed by atoms with Crippen LogP contribution in [0.5, 0.6) is 0 Å². The van der Waals surface area contributed by atoms with Crippen LogP contribution in [-0.2, 0) is 28.5 Å². The van der Waals surface area contributed by atoms with Gasteiger partial charge in [0.25, 0.3) is 0 Å². The third-order valence-electron chi connectivity index (χ3n) is 5.15. The van der Waals surface area contributed by atoms with Crippen LogP contribution in [0.25, 0.3) is 0 Å². The molecular weight excluding hydrogens is 488 g/mol. The highest BCUT2D eigenvalue weighted by Crippen LogP contribution is 2.18. The van der Waals surface area contributed by atoms with Gasteiger partial charge in [0, 0.05) is 13.2 Å². The molecule has 4 atom stereocenters. The number of alkyl carbamates (subject to hydrolysis) is 1. The van der Waals surface area contributed by atoms with E-state index in [0.29, 0.717) is 26.0 Å². The Hall–Kier alpha value is -3.29. The molecule has 6 N–H and O–H groups in total. The third kappa shape index (κ3) is 11.5. The van der Waals surface area contributed by atoms with Gasteiger partial charge in [0.1, 0.15) is 18.7 Å². The monoisotopic (exact) mass is 530 g/mol. The Labute approximate surface area is 217 Å². The van der Waals surface area contributed by atoms with Gasteiger partial charge < -0.3 is 45.5 Å². The summed E-state index contributed by atoms with van der Waals surface area (Å²) in [6.07, 6.45) is -1.66. The molecule has 0 aromatic rings. The van der Waals surface area contributed by atoms with Gasteiger partial charge in [-0.1, -0.05) is 13.8 Å². The fraction of sp³-hybridized carbons (Fsp3) is 0.783. The first kappa shape index (κ1) is 31.7. The van der Waals surface area contributed by atoms with Crippen LogP contribution in [0.4, 0.5) is 9.59 Å². The largest absolute Gasteiger partial charge is 0.508 e. The van der Waals surface area contributed by atoms with Gasteiger partial charge in [-0.3, -0.25) is 15.0 Å². The van der Waals surface area contributed by atoms with E-state index in [2.05, 4.69) is 16.0 Å². The average Bonchev–Trinajstić information content (AvgIpc) is 2.80. The van der Waals surface area contributed by atoms with Crippen molar-refractivity contribution < 1.29 is 38.1 Å². The number of rotatable bonds is 12. The molecule has 14 heteroatoms. The SMILES string of the molecule is CCOC1[C@@H](NC(=O)[C@H](C)NC(=O)[C@@H](COC(=O)OC(C)C)NC(=O)OCC(C)C)CCCN1C(=N)N. The highest BCUT2D eigenvalue weighted by molar-refractivity contribution is 5.91. The third-order valence-corrected chi connectivity index (χ3v) is 5.15. The zero-order valence-electron chi connectivity index (χ0n) is 22.5. The molecule has 14 nitrogen and oxygen atoms in total. The second-order valence-corrected chi connectivity index (χ2v) is 9.33. The molecule has 0 aromatic heterocycles. The highest BCUT2D eigenvalue weighted by Gasteiger charge is 2.35. The number of ether oxygens (including phenoxy) is 4. The zero-order chi connectivity index (χ0) is 28.1. The molecule has 1 aliphatic rings. The molecule has 37 heavy (non-hydrogen) atoms. The molecule has 1 unspecified atom stereocenters. The molecule has 0 bridgehead atoms. The first-order valence-corrected chi connectivity index (χ1v) is 12.4. The smallest absolute Gasteiger partial charge is 0.449 e. The van der Waals surface area contributed by atoms with Gasteiger partial charge in [0.2, 0.25) is 11.8 Å². The molecule has 1 aliphatic heterocycles. The standard InChI is InChI=1S/C23H42N6O8/c1-7-34-20-16(9-8-10-29(20)21(24)25)27-18(30)15(6)26-19(31)17(12-36-23(33)37-14(4)5)28-22(32)35-11-13(2)3/h13-17,20H,7-12H2,1-6H3,(H3,24,25)(H,26,31)(H,27,30)(H,28,32)/t15-,16-,17+,20?/m0/s1. The average molecular weight is 531 g/mol. The number of nitrogens with two attached hydrogens (primary N) is 1. The minimum Gasteiger partial charge on any atom is -0.449 e. The number of carbonyl (C=O) groups is 4. The fourth-order valence-corrected chi connectivity index (χ4v) is 3.42. The number of nitrogens with one attached hydrogen (secondary N) is 4. The van der Waals surface area contributed by atoms with Gasteiger partial charge >= 0.3 is 12.2 Å². The van der Waals surface area contributed by atoms with Gasteiger partial charge in [0.05, 0.1) is 18.8 Å².